The molecule has 0 amide bonds. The molecule has 4 heterocycles. The molecule has 0 aliphatic rings. The maximum absolute atomic E-state index is 10.7. The molecule has 13 rings (SSSR count). The van der Waals surface area contributed by atoms with Crippen LogP contribution in [0.1, 0.15) is 16.7 Å². The SMILES string of the molecule is Cc1cccc(-n2c3ccccc3c3ccc4c(c5ccccc5n4-c4cc(C#N)c(C#N)cc4-n4c5ccccc5c5c4ccc4c6ccccc6n(-c6ccccc6)c45)c32)c1. The van der Waals surface area contributed by atoms with Crippen molar-refractivity contribution in [3.05, 3.63) is 205 Å². The van der Waals surface area contributed by atoms with Crippen LogP contribution < -0.4 is 0 Å². The van der Waals surface area contributed by atoms with E-state index in [-0.39, 0.29) is 0 Å². The number of rotatable bonds is 4. The molecule has 0 saturated carbocycles. The van der Waals surface area contributed by atoms with Gasteiger partial charge in [0, 0.05) is 54.5 Å². The summed E-state index contributed by atoms with van der Waals surface area (Å²) in [6, 6.07) is 71.2. The molecule has 0 radical (unpaired) electrons. The fourth-order valence-electron chi connectivity index (χ4n) is 10.5. The smallest absolute Gasteiger partial charge is 0.101 e. The molecular formula is C57H34N6. The second kappa shape index (κ2) is 13.1. The van der Waals surface area contributed by atoms with E-state index in [0.29, 0.717) is 11.1 Å². The Kier molecular flexibility index (Phi) is 7.26. The molecule has 0 N–H and O–H groups in total. The fourth-order valence-corrected chi connectivity index (χ4v) is 10.5. The molecule has 0 fully saturated rings. The number of nitrogens with zero attached hydrogens (tertiary/aromatic N) is 6. The topological polar surface area (TPSA) is 67.3 Å². The third-order valence-corrected chi connectivity index (χ3v) is 13.1. The van der Waals surface area contributed by atoms with Crippen LogP contribution >= 0.6 is 0 Å². The summed E-state index contributed by atoms with van der Waals surface area (Å²) in [6.07, 6.45) is 0. The van der Waals surface area contributed by atoms with Crippen LogP contribution in [0.2, 0.25) is 0 Å². The summed E-state index contributed by atoms with van der Waals surface area (Å²) in [4.78, 5) is 0. The summed E-state index contributed by atoms with van der Waals surface area (Å²) in [5, 5.41) is 30.5. The summed E-state index contributed by atoms with van der Waals surface area (Å²) in [7, 11) is 0. The van der Waals surface area contributed by atoms with Gasteiger partial charge < -0.3 is 18.3 Å². The molecule has 9 aromatic carbocycles. The Labute approximate surface area is 361 Å². The minimum Gasteiger partial charge on any atom is -0.309 e. The van der Waals surface area contributed by atoms with Crippen LogP contribution in [0.4, 0.5) is 0 Å². The minimum absolute atomic E-state index is 0.324. The van der Waals surface area contributed by atoms with Crippen molar-refractivity contribution in [1.29, 1.82) is 10.5 Å². The summed E-state index contributed by atoms with van der Waals surface area (Å²) in [5.41, 5.74) is 14.1. The molecule has 4 aromatic heterocycles. The highest BCUT2D eigenvalue weighted by atomic mass is 15.1. The first kappa shape index (κ1) is 35.0. The molecule has 6 heteroatoms. The van der Waals surface area contributed by atoms with Crippen LogP contribution in [0.15, 0.2) is 188 Å². The first-order valence-corrected chi connectivity index (χ1v) is 21.1. The number of aryl methyl sites for hydroxylation is 1. The van der Waals surface area contributed by atoms with E-state index in [1.54, 1.807) is 0 Å². The van der Waals surface area contributed by atoms with E-state index in [2.05, 4.69) is 213 Å². The van der Waals surface area contributed by atoms with Crippen molar-refractivity contribution in [1.82, 2.24) is 18.3 Å². The van der Waals surface area contributed by atoms with Gasteiger partial charge in [0.25, 0.3) is 0 Å². The third kappa shape index (κ3) is 4.75. The second-order valence-electron chi connectivity index (χ2n) is 16.4. The normalized spacial score (nSPS) is 11.9. The third-order valence-electron chi connectivity index (χ3n) is 13.1. The van der Waals surface area contributed by atoms with E-state index < -0.39 is 0 Å². The van der Waals surface area contributed by atoms with Gasteiger partial charge >= 0.3 is 0 Å². The summed E-state index contributed by atoms with van der Waals surface area (Å²) in [5.74, 6) is 0. The lowest BCUT2D eigenvalue weighted by Crippen LogP contribution is -2.05. The van der Waals surface area contributed by atoms with Crippen molar-refractivity contribution in [2.75, 3.05) is 0 Å². The van der Waals surface area contributed by atoms with Crippen molar-refractivity contribution in [3.63, 3.8) is 0 Å². The first-order valence-electron chi connectivity index (χ1n) is 21.1. The largest absolute Gasteiger partial charge is 0.309 e. The number of fused-ring (bicyclic) bond motifs is 14. The molecule has 0 saturated heterocycles. The van der Waals surface area contributed by atoms with Crippen LogP contribution in [0.5, 0.6) is 0 Å². The van der Waals surface area contributed by atoms with Crippen LogP contribution in [0.3, 0.4) is 0 Å². The van der Waals surface area contributed by atoms with Crippen molar-refractivity contribution in [2.45, 2.75) is 6.92 Å². The maximum Gasteiger partial charge on any atom is 0.101 e. The van der Waals surface area contributed by atoms with Crippen molar-refractivity contribution < 1.29 is 0 Å². The molecule has 6 nitrogen and oxygen atoms in total. The van der Waals surface area contributed by atoms with Gasteiger partial charge in [0.05, 0.1) is 66.6 Å². The number of para-hydroxylation sites is 5. The molecule has 0 atom stereocenters. The van der Waals surface area contributed by atoms with Gasteiger partial charge in [0.2, 0.25) is 0 Å². The Morgan fingerprint density at radius 2 is 0.746 bits per heavy atom. The average molecular weight is 803 g/mol. The zero-order valence-electron chi connectivity index (χ0n) is 34.1. The zero-order chi connectivity index (χ0) is 41.9. The molecule has 0 unspecified atom stereocenters. The van der Waals surface area contributed by atoms with Gasteiger partial charge in [-0.3, -0.25) is 0 Å². The van der Waals surface area contributed by atoms with Gasteiger partial charge in [-0.25, -0.2) is 0 Å². The van der Waals surface area contributed by atoms with Gasteiger partial charge in [0.15, 0.2) is 0 Å². The number of benzene rings is 9. The molecular weight excluding hydrogens is 769 g/mol. The lowest BCUT2D eigenvalue weighted by atomic mass is 10.1. The molecule has 0 aliphatic carbocycles. The number of hydrogen-bond acceptors (Lipinski definition) is 2. The lowest BCUT2D eigenvalue weighted by molar-refractivity contribution is 1.09. The van der Waals surface area contributed by atoms with E-state index in [4.69, 9.17) is 0 Å². The summed E-state index contributed by atoms with van der Waals surface area (Å²) >= 11 is 0. The van der Waals surface area contributed by atoms with Crippen LogP contribution in [0, 0.1) is 29.6 Å². The molecule has 0 bridgehead atoms. The van der Waals surface area contributed by atoms with Gasteiger partial charge in [-0.05, 0) is 85.3 Å². The van der Waals surface area contributed by atoms with Crippen LogP contribution in [0.25, 0.3) is 110 Å². The maximum atomic E-state index is 10.7. The zero-order valence-corrected chi connectivity index (χ0v) is 34.1. The van der Waals surface area contributed by atoms with E-state index in [1.807, 2.05) is 12.1 Å². The number of aromatic nitrogens is 4. The quantitative estimate of drug-likeness (QED) is 0.178. The highest BCUT2D eigenvalue weighted by Crippen LogP contribution is 2.46. The number of hydrogen-bond donors (Lipinski definition) is 0. The Morgan fingerprint density at radius 1 is 0.333 bits per heavy atom. The molecule has 0 spiro atoms. The monoisotopic (exact) mass is 802 g/mol. The lowest BCUT2D eigenvalue weighted by Gasteiger charge is -2.18. The Hall–Kier alpha value is -8.84. The molecule has 292 valence electrons. The molecule has 63 heavy (non-hydrogen) atoms. The van der Waals surface area contributed by atoms with Crippen molar-refractivity contribution in [2.24, 2.45) is 0 Å². The second-order valence-corrected chi connectivity index (χ2v) is 16.4. The van der Waals surface area contributed by atoms with Crippen LogP contribution in [-0.2, 0) is 0 Å². The van der Waals surface area contributed by atoms with Crippen LogP contribution in [-0.4, -0.2) is 18.3 Å². The highest BCUT2D eigenvalue weighted by molar-refractivity contribution is 6.28. The fraction of sp³-hybridized carbons (Fsp3) is 0.0175. The van der Waals surface area contributed by atoms with Gasteiger partial charge in [-0.15, -0.1) is 0 Å². The Bertz CT molecular complexity index is 4180. The standard InChI is InChI=1S/C57H34N6/c1-35-14-13-17-39(30-35)61-47-23-10-6-19-41(47)43-27-29-51-55(57(43)61)45-21-8-12-25-49(45)63(51)53-32-37(34-59)36(33-58)31-52(53)62-48-24-11-7-20-44(48)54-50(62)28-26-42-40-18-5-9-22-46(40)60(56(42)54)38-15-3-2-4-16-38/h2-32H,1H3. The average Bonchev–Trinajstić information content (AvgIpc) is 4.06. The van der Waals surface area contributed by atoms with E-state index in [9.17, 15) is 10.5 Å². The van der Waals surface area contributed by atoms with E-state index in [0.717, 1.165) is 93.8 Å². The highest BCUT2D eigenvalue weighted by Gasteiger charge is 2.26. The molecule has 0 aliphatic heterocycles. The minimum atomic E-state index is 0.324. The van der Waals surface area contributed by atoms with Crippen molar-refractivity contribution in [3.8, 4) is 34.9 Å². The summed E-state index contributed by atoms with van der Waals surface area (Å²) < 4.78 is 9.40. The van der Waals surface area contributed by atoms with Gasteiger partial charge in [0.1, 0.15) is 12.1 Å². The van der Waals surface area contributed by atoms with E-state index in [1.165, 1.54) is 21.7 Å². The van der Waals surface area contributed by atoms with Gasteiger partial charge in [-0.2, -0.15) is 10.5 Å². The predicted molar refractivity (Wildman–Crippen MR) is 258 cm³/mol. The van der Waals surface area contributed by atoms with E-state index >= 15 is 0 Å². The van der Waals surface area contributed by atoms with Crippen molar-refractivity contribution >= 4 is 87.2 Å². The Balaban J connectivity index is 1.21. The van der Waals surface area contributed by atoms with Gasteiger partial charge in [-0.1, -0.05) is 115 Å². The Morgan fingerprint density at radius 3 is 1.22 bits per heavy atom. The molecule has 13 aromatic rings. The number of nitriles is 2. The summed E-state index contributed by atoms with van der Waals surface area (Å²) in [6.45, 7) is 2.14. The first-order chi connectivity index (χ1) is 31.1. The predicted octanol–water partition coefficient (Wildman–Crippen LogP) is 14.1.